The molecule has 1 amide bonds. The van der Waals surface area contributed by atoms with E-state index in [1.165, 1.54) is 24.3 Å². The lowest BCUT2D eigenvalue weighted by Crippen LogP contribution is -2.28. The smallest absolute Gasteiger partial charge is 0.306 e. The molecule has 0 fully saturated rings. The maximum atomic E-state index is 12.8. The standard InChI is InChI=1S/C20H20FNO5/c1-26-17-8-2-14(3-9-17)12-22-19(24)13-27-20(25)11-10-18(23)15-4-6-16(21)7-5-15/h2-9H,10-13H2,1H3,(H,22,24). The Morgan fingerprint density at radius 2 is 1.63 bits per heavy atom. The fourth-order valence-corrected chi connectivity index (χ4v) is 2.21. The van der Waals surface area contributed by atoms with Crippen LogP contribution in [-0.4, -0.2) is 31.4 Å². The van der Waals surface area contributed by atoms with E-state index in [2.05, 4.69) is 5.32 Å². The number of benzene rings is 2. The molecule has 0 aliphatic heterocycles. The van der Waals surface area contributed by atoms with Crippen LogP contribution in [0.2, 0.25) is 0 Å². The summed E-state index contributed by atoms with van der Waals surface area (Å²) in [6, 6.07) is 12.3. The van der Waals surface area contributed by atoms with Crippen molar-refractivity contribution >= 4 is 17.7 Å². The Kier molecular flexibility index (Phi) is 7.49. The third-order valence-corrected chi connectivity index (χ3v) is 3.74. The number of ether oxygens (including phenoxy) is 2. The van der Waals surface area contributed by atoms with E-state index in [0.29, 0.717) is 17.9 Å². The highest BCUT2D eigenvalue weighted by molar-refractivity contribution is 5.97. The Balaban J connectivity index is 1.66. The van der Waals surface area contributed by atoms with Gasteiger partial charge >= 0.3 is 5.97 Å². The summed E-state index contributed by atoms with van der Waals surface area (Å²) in [5.74, 6) is -1.11. The van der Waals surface area contributed by atoms with Gasteiger partial charge in [0.15, 0.2) is 12.4 Å². The number of esters is 1. The summed E-state index contributed by atoms with van der Waals surface area (Å²) in [6.45, 7) is -0.122. The maximum Gasteiger partial charge on any atom is 0.306 e. The minimum Gasteiger partial charge on any atom is -0.497 e. The summed E-state index contributed by atoms with van der Waals surface area (Å²) in [4.78, 5) is 35.3. The van der Waals surface area contributed by atoms with Gasteiger partial charge in [-0.1, -0.05) is 12.1 Å². The van der Waals surface area contributed by atoms with Crippen LogP contribution in [0.25, 0.3) is 0 Å². The topological polar surface area (TPSA) is 81.7 Å². The molecule has 0 saturated carbocycles. The van der Waals surface area contributed by atoms with E-state index >= 15 is 0 Å². The van der Waals surface area contributed by atoms with Crippen molar-refractivity contribution in [3.8, 4) is 5.75 Å². The predicted molar refractivity (Wildman–Crippen MR) is 95.8 cm³/mol. The normalized spacial score (nSPS) is 10.1. The molecule has 7 heteroatoms. The van der Waals surface area contributed by atoms with Gasteiger partial charge in [-0.05, 0) is 42.0 Å². The molecule has 27 heavy (non-hydrogen) atoms. The lowest BCUT2D eigenvalue weighted by Gasteiger charge is -2.07. The molecule has 0 bridgehead atoms. The third kappa shape index (κ3) is 6.89. The number of hydrogen-bond donors (Lipinski definition) is 1. The van der Waals surface area contributed by atoms with Gasteiger partial charge in [-0.15, -0.1) is 0 Å². The first-order valence-electron chi connectivity index (χ1n) is 8.32. The Bertz CT molecular complexity index is 787. The number of ketones is 1. The van der Waals surface area contributed by atoms with Gasteiger partial charge in [-0.2, -0.15) is 0 Å². The molecule has 142 valence electrons. The molecule has 0 aliphatic rings. The van der Waals surface area contributed by atoms with Crippen LogP contribution in [0.4, 0.5) is 4.39 Å². The molecule has 0 heterocycles. The summed E-state index contributed by atoms with van der Waals surface area (Å²) >= 11 is 0. The van der Waals surface area contributed by atoms with Gasteiger partial charge in [-0.3, -0.25) is 14.4 Å². The lowest BCUT2D eigenvalue weighted by molar-refractivity contribution is -0.148. The van der Waals surface area contributed by atoms with Crippen LogP contribution in [0.5, 0.6) is 5.75 Å². The summed E-state index contributed by atoms with van der Waals surface area (Å²) in [7, 11) is 1.57. The molecule has 0 aliphatic carbocycles. The van der Waals surface area contributed by atoms with Crippen LogP contribution in [0, 0.1) is 5.82 Å². The van der Waals surface area contributed by atoms with Crippen molar-refractivity contribution in [2.75, 3.05) is 13.7 Å². The second-order valence-electron chi connectivity index (χ2n) is 5.72. The number of hydrogen-bond acceptors (Lipinski definition) is 5. The van der Waals surface area contributed by atoms with E-state index in [0.717, 1.165) is 5.56 Å². The van der Waals surface area contributed by atoms with Crippen molar-refractivity contribution in [1.82, 2.24) is 5.32 Å². The van der Waals surface area contributed by atoms with E-state index in [9.17, 15) is 18.8 Å². The highest BCUT2D eigenvalue weighted by atomic mass is 19.1. The molecule has 0 aromatic heterocycles. The number of rotatable bonds is 9. The molecule has 0 radical (unpaired) electrons. The number of methoxy groups -OCH3 is 1. The summed E-state index contributed by atoms with van der Waals surface area (Å²) in [5, 5.41) is 2.63. The van der Waals surface area contributed by atoms with E-state index in [1.54, 1.807) is 19.2 Å². The fraction of sp³-hybridized carbons (Fsp3) is 0.250. The molecule has 1 N–H and O–H groups in total. The average Bonchev–Trinajstić information content (AvgIpc) is 2.69. The molecule has 2 rings (SSSR count). The van der Waals surface area contributed by atoms with E-state index in [4.69, 9.17) is 9.47 Å². The van der Waals surface area contributed by atoms with Gasteiger partial charge in [0, 0.05) is 18.5 Å². The number of Topliss-reactive ketones (excluding diaryl/α,β-unsaturated/α-hetero) is 1. The minimum absolute atomic E-state index is 0.0715. The molecule has 0 atom stereocenters. The van der Waals surface area contributed by atoms with E-state index in [-0.39, 0.29) is 18.6 Å². The number of nitrogens with one attached hydrogen (secondary N) is 1. The summed E-state index contributed by atoms with van der Waals surface area (Å²) in [5.41, 5.74) is 1.20. The first-order valence-corrected chi connectivity index (χ1v) is 8.32. The highest BCUT2D eigenvalue weighted by Crippen LogP contribution is 2.11. The van der Waals surface area contributed by atoms with Crippen molar-refractivity contribution in [2.45, 2.75) is 19.4 Å². The highest BCUT2D eigenvalue weighted by Gasteiger charge is 2.12. The average molecular weight is 373 g/mol. The first-order chi connectivity index (χ1) is 13.0. The molecular formula is C20H20FNO5. The van der Waals surface area contributed by atoms with Crippen LogP contribution in [0.15, 0.2) is 48.5 Å². The monoisotopic (exact) mass is 373 g/mol. The Morgan fingerprint density at radius 3 is 2.26 bits per heavy atom. The van der Waals surface area contributed by atoms with Gasteiger partial charge in [-0.25, -0.2) is 4.39 Å². The summed E-state index contributed by atoms with van der Waals surface area (Å²) < 4.78 is 22.7. The second-order valence-corrected chi connectivity index (χ2v) is 5.72. The van der Waals surface area contributed by atoms with Crippen molar-refractivity contribution in [1.29, 1.82) is 0 Å². The van der Waals surface area contributed by atoms with Crippen molar-refractivity contribution in [3.63, 3.8) is 0 Å². The lowest BCUT2D eigenvalue weighted by atomic mass is 10.1. The van der Waals surface area contributed by atoms with Crippen molar-refractivity contribution in [3.05, 3.63) is 65.5 Å². The Hall–Kier alpha value is -3.22. The van der Waals surface area contributed by atoms with Gasteiger partial charge in [0.25, 0.3) is 5.91 Å². The molecule has 0 saturated heterocycles. The molecular weight excluding hydrogens is 353 g/mol. The van der Waals surface area contributed by atoms with Crippen molar-refractivity contribution in [2.24, 2.45) is 0 Å². The van der Waals surface area contributed by atoms with Gasteiger partial charge in [0.2, 0.25) is 0 Å². The fourth-order valence-electron chi connectivity index (χ4n) is 2.21. The zero-order valence-corrected chi connectivity index (χ0v) is 14.9. The first kappa shape index (κ1) is 20.1. The maximum absolute atomic E-state index is 12.8. The predicted octanol–water partition coefficient (Wildman–Crippen LogP) is 2.66. The molecule has 2 aromatic carbocycles. The summed E-state index contributed by atoms with van der Waals surface area (Å²) in [6.07, 6.45) is -0.222. The van der Waals surface area contributed by atoms with Crippen LogP contribution in [0.3, 0.4) is 0 Å². The van der Waals surface area contributed by atoms with Gasteiger partial charge in [0.05, 0.1) is 13.5 Å². The zero-order valence-electron chi connectivity index (χ0n) is 14.9. The van der Waals surface area contributed by atoms with Crippen LogP contribution in [0.1, 0.15) is 28.8 Å². The Labute approximate surface area is 156 Å². The molecule has 6 nitrogen and oxygen atoms in total. The largest absolute Gasteiger partial charge is 0.497 e. The van der Waals surface area contributed by atoms with Gasteiger partial charge < -0.3 is 14.8 Å². The van der Waals surface area contributed by atoms with Gasteiger partial charge in [0.1, 0.15) is 11.6 Å². The molecule has 2 aromatic rings. The van der Waals surface area contributed by atoms with E-state index in [1.807, 2.05) is 12.1 Å². The zero-order chi connectivity index (χ0) is 19.6. The number of carbonyl (C=O) groups is 3. The number of amides is 1. The van der Waals surface area contributed by atoms with Crippen molar-refractivity contribution < 1.29 is 28.2 Å². The minimum atomic E-state index is -0.648. The molecule has 0 unspecified atom stereocenters. The molecule has 0 spiro atoms. The Morgan fingerprint density at radius 1 is 0.963 bits per heavy atom. The third-order valence-electron chi connectivity index (χ3n) is 3.74. The van der Waals surface area contributed by atoms with Crippen LogP contribution in [-0.2, 0) is 20.9 Å². The SMILES string of the molecule is COc1ccc(CNC(=O)COC(=O)CCC(=O)c2ccc(F)cc2)cc1. The number of halogens is 1. The van der Waals surface area contributed by atoms with E-state index < -0.39 is 24.3 Å². The van der Waals surface area contributed by atoms with Crippen LogP contribution >= 0.6 is 0 Å². The quantitative estimate of drug-likeness (QED) is 0.540. The second kappa shape index (κ2) is 10.1. The number of carbonyl (C=O) groups excluding carboxylic acids is 3. The van der Waals surface area contributed by atoms with Crippen LogP contribution < -0.4 is 10.1 Å².